The average molecular weight is 401 g/mol. The predicted octanol–water partition coefficient (Wildman–Crippen LogP) is 4.35. The number of aliphatic hydroxyl groups is 1. The Bertz CT molecular complexity index is 836. The number of ketones is 1. The first-order valence-electron chi connectivity index (χ1n) is 10.7. The van der Waals surface area contributed by atoms with Gasteiger partial charge in [-0.15, -0.1) is 5.73 Å². The predicted molar refractivity (Wildman–Crippen MR) is 108 cm³/mol. The van der Waals surface area contributed by atoms with E-state index in [0.717, 1.165) is 31.3 Å². The van der Waals surface area contributed by atoms with Gasteiger partial charge in [0.25, 0.3) is 0 Å². The molecule has 158 valence electrons. The number of carbonyl (C=O) groups is 2. The summed E-state index contributed by atoms with van der Waals surface area (Å²) < 4.78 is 11.1. The van der Waals surface area contributed by atoms with Crippen molar-refractivity contribution in [2.45, 2.75) is 71.0 Å². The van der Waals surface area contributed by atoms with Crippen molar-refractivity contribution >= 4 is 11.9 Å². The molecule has 0 aliphatic heterocycles. The highest BCUT2D eigenvalue weighted by atomic mass is 16.7. The summed E-state index contributed by atoms with van der Waals surface area (Å²) in [4.78, 5) is 24.6. The molecule has 0 saturated heterocycles. The monoisotopic (exact) mass is 400 g/mol. The molecule has 4 aliphatic rings. The minimum absolute atomic E-state index is 0.00447. The van der Waals surface area contributed by atoms with E-state index in [9.17, 15) is 14.7 Å². The van der Waals surface area contributed by atoms with Gasteiger partial charge in [0.1, 0.15) is 11.7 Å². The molecule has 1 unspecified atom stereocenters. The number of aliphatic hydroxyl groups excluding tert-OH is 1. The molecule has 0 aromatic heterocycles. The summed E-state index contributed by atoms with van der Waals surface area (Å²) in [5, 5.41) is 10.4. The van der Waals surface area contributed by atoms with E-state index in [4.69, 9.17) is 9.47 Å². The van der Waals surface area contributed by atoms with Crippen LogP contribution in [0.4, 0.5) is 4.79 Å². The largest absolute Gasteiger partial charge is 0.508 e. The molecule has 4 rings (SSSR count). The molecule has 0 spiro atoms. The fraction of sp³-hybridized carbons (Fsp3) is 0.708. The Kier molecular flexibility index (Phi) is 4.64. The molecule has 29 heavy (non-hydrogen) atoms. The van der Waals surface area contributed by atoms with E-state index in [1.54, 1.807) is 6.08 Å². The number of ether oxygens (including phenoxy) is 2. The molecule has 1 N–H and O–H groups in total. The fourth-order valence-electron chi connectivity index (χ4n) is 7.48. The van der Waals surface area contributed by atoms with Crippen LogP contribution in [0.15, 0.2) is 29.5 Å². The number of fused-ring (bicyclic) bond motifs is 5. The lowest BCUT2D eigenvalue weighted by molar-refractivity contribution is -0.199. The molecule has 0 heterocycles. The quantitative estimate of drug-likeness (QED) is 0.523. The van der Waals surface area contributed by atoms with Gasteiger partial charge in [-0.1, -0.05) is 32.9 Å². The van der Waals surface area contributed by atoms with Gasteiger partial charge < -0.3 is 14.6 Å². The van der Waals surface area contributed by atoms with E-state index >= 15 is 0 Å². The number of hydrogen-bond donors (Lipinski definition) is 1. The fourth-order valence-corrected chi connectivity index (χ4v) is 7.48. The van der Waals surface area contributed by atoms with E-state index in [1.807, 2.05) is 0 Å². The van der Waals surface area contributed by atoms with Crippen LogP contribution < -0.4 is 0 Å². The molecule has 5 nitrogen and oxygen atoms in total. The normalized spacial score (nSPS) is 46.0. The minimum atomic E-state index is -1.06. The lowest BCUT2D eigenvalue weighted by atomic mass is 9.44. The van der Waals surface area contributed by atoms with Gasteiger partial charge in [0.15, 0.2) is 5.78 Å². The highest BCUT2D eigenvalue weighted by Gasteiger charge is 2.69. The number of carbonyl (C=O) groups excluding carboxylic acids is 2. The molecule has 0 amide bonds. The smallest absolute Gasteiger partial charge is 0.438 e. The number of rotatable bonds is 1. The second kappa shape index (κ2) is 6.58. The molecule has 0 bridgehead atoms. The van der Waals surface area contributed by atoms with Gasteiger partial charge in [-0.05, 0) is 67.4 Å². The van der Waals surface area contributed by atoms with Gasteiger partial charge in [0.05, 0.1) is 7.11 Å². The van der Waals surface area contributed by atoms with Crippen LogP contribution in [0, 0.1) is 28.6 Å². The van der Waals surface area contributed by atoms with Crippen LogP contribution in [0.1, 0.15) is 59.3 Å². The van der Waals surface area contributed by atoms with Crippen LogP contribution in [0.5, 0.6) is 0 Å². The first-order valence-corrected chi connectivity index (χ1v) is 10.7. The molecular weight excluding hydrogens is 368 g/mol. The molecule has 7 atom stereocenters. The van der Waals surface area contributed by atoms with Gasteiger partial charge in [0.2, 0.25) is 0 Å². The summed E-state index contributed by atoms with van der Waals surface area (Å²) in [6.45, 7) is 10.6. The highest BCUT2D eigenvalue weighted by Crippen LogP contribution is 2.70. The zero-order valence-corrected chi connectivity index (χ0v) is 17.9. The molecule has 3 saturated carbocycles. The summed E-state index contributed by atoms with van der Waals surface area (Å²) in [6.07, 6.45) is 4.35. The summed E-state index contributed by atoms with van der Waals surface area (Å²) in [5.74, 6) is 0.639. The molecule has 0 radical (unpaired) electrons. The van der Waals surface area contributed by atoms with Crippen LogP contribution in [0.2, 0.25) is 0 Å². The van der Waals surface area contributed by atoms with Crippen molar-refractivity contribution in [1.82, 2.24) is 0 Å². The zero-order chi connectivity index (χ0) is 21.2. The Balaban J connectivity index is 1.86. The third kappa shape index (κ3) is 2.56. The van der Waals surface area contributed by atoms with Crippen molar-refractivity contribution in [2.75, 3.05) is 7.11 Å². The molecule has 3 fully saturated rings. The van der Waals surface area contributed by atoms with Crippen LogP contribution in [-0.2, 0) is 14.3 Å². The van der Waals surface area contributed by atoms with E-state index in [-0.39, 0.29) is 23.5 Å². The Labute approximate surface area is 172 Å². The van der Waals surface area contributed by atoms with Gasteiger partial charge >= 0.3 is 6.16 Å². The first kappa shape index (κ1) is 20.4. The number of allylic oxidation sites excluding steroid dienone is 1. The third-order valence-electron chi connectivity index (χ3n) is 8.87. The van der Waals surface area contributed by atoms with Crippen LogP contribution >= 0.6 is 0 Å². The Morgan fingerprint density at radius 2 is 2.03 bits per heavy atom. The van der Waals surface area contributed by atoms with Gasteiger partial charge in [-0.2, -0.15) is 0 Å². The van der Waals surface area contributed by atoms with E-state index < -0.39 is 23.3 Å². The minimum Gasteiger partial charge on any atom is -0.438 e. The number of methoxy groups -OCH3 is 1. The average Bonchev–Trinajstić information content (AvgIpc) is 2.93. The maximum atomic E-state index is 12.4. The molecule has 0 aromatic carbocycles. The maximum Gasteiger partial charge on any atom is 0.508 e. The highest BCUT2D eigenvalue weighted by molar-refractivity contribution is 5.95. The van der Waals surface area contributed by atoms with Crippen LogP contribution in [0.3, 0.4) is 0 Å². The maximum absolute atomic E-state index is 12.4. The summed E-state index contributed by atoms with van der Waals surface area (Å²) in [6, 6.07) is 0. The Morgan fingerprint density at radius 1 is 1.31 bits per heavy atom. The van der Waals surface area contributed by atoms with Crippen LogP contribution in [-0.4, -0.2) is 35.9 Å². The van der Waals surface area contributed by atoms with Gasteiger partial charge in [0, 0.05) is 11.3 Å². The summed E-state index contributed by atoms with van der Waals surface area (Å²) in [5.41, 5.74) is 4.15. The zero-order valence-electron chi connectivity index (χ0n) is 17.9. The van der Waals surface area contributed by atoms with Crippen molar-refractivity contribution in [3.8, 4) is 0 Å². The molecular formula is C24H32O5. The Morgan fingerprint density at radius 3 is 2.69 bits per heavy atom. The molecule has 0 aromatic rings. The summed E-state index contributed by atoms with van der Waals surface area (Å²) in [7, 11) is 1.33. The molecule has 4 aliphatic carbocycles. The third-order valence-corrected chi connectivity index (χ3v) is 8.87. The van der Waals surface area contributed by atoms with E-state index in [0.29, 0.717) is 18.3 Å². The topological polar surface area (TPSA) is 72.8 Å². The lowest BCUT2D eigenvalue weighted by Crippen LogP contribution is -2.65. The SMILES string of the molecule is C=C=C1[C@@H](C)C[C@H]2[C@@H]3CCC4=CC(=O)C(O)C[C@]4(C)[C@@]3(OC(=O)OC)CC[C@]12C. The standard InChI is InChI=1S/C24H32O5/c1-6-16-14(2)11-18-17-8-7-15-12-19(25)20(26)13-23(15,4)24(17,29-21(27)28-5)10-9-22(16,18)3/h12,14,17-18,20,26H,1,7-11,13H2,2-5H3/t14-,17-,18-,20?,22+,23-,24+/m0/s1. The lowest BCUT2D eigenvalue weighted by Gasteiger charge is -2.63. The van der Waals surface area contributed by atoms with Crippen molar-refractivity contribution < 1.29 is 24.2 Å². The van der Waals surface area contributed by atoms with Crippen molar-refractivity contribution in [3.63, 3.8) is 0 Å². The van der Waals surface area contributed by atoms with Crippen molar-refractivity contribution in [3.05, 3.63) is 29.5 Å². The second-order valence-electron chi connectivity index (χ2n) is 9.97. The Hall–Kier alpha value is -1.84. The second-order valence-corrected chi connectivity index (χ2v) is 9.97. The number of hydrogen-bond acceptors (Lipinski definition) is 5. The van der Waals surface area contributed by atoms with Crippen molar-refractivity contribution in [2.24, 2.45) is 28.6 Å². The van der Waals surface area contributed by atoms with Gasteiger partial charge in [-0.25, -0.2) is 4.79 Å². The van der Waals surface area contributed by atoms with E-state index in [2.05, 4.69) is 33.1 Å². The van der Waals surface area contributed by atoms with Gasteiger partial charge in [-0.3, -0.25) is 4.79 Å². The molecule has 5 heteroatoms. The van der Waals surface area contributed by atoms with Crippen LogP contribution in [0.25, 0.3) is 0 Å². The van der Waals surface area contributed by atoms with E-state index in [1.165, 1.54) is 12.7 Å². The first-order chi connectivity index (χ1) is 13.6. The summed E-state index contributed by atoms with van der Waals surface area (Å²) >= 11 is 0. The van der Waals surface area contributed by atoms with Crippen molar-refractivity contribution in [1.29, 1.82) is 0 Å².